The summed E-state index contributed by atoms with van der Waals surface area (Å²) in [6.45, 7) is 7.32. The topological polar surface area (TPSA) is 80.9 Å². The number of hydrogen-bond donors (Lipinski definition) is 1. The molecule has 0 amide bonds. The number of ketones is 1. The van der Waals surface area contributed by atoms with Crippen LogP contribution in [0.3, 0.4) is 0 Å². The van der Waals surface area contributed by atoms with Crippen LogP contribution in [0.25, 0.3) is 10.9 Å². The van der Waals surface area contributed by atoms with Gasteiger partial charge in [0.05, 0.1) is 12.1 Å². The molecule has 0 spiro atoms. The summed E-state index contributed by atoms with van der Waals surface area (Å²) in [4.78, 5) is 31.6. The van der Waals surface area contributed by atoms with Gasteiger partial charge in [-0.2, -0.15) is 0 Å². The molecule has 0 saturated carbocycles. The minimum Gasteiger partial charge on any atom is -0.487 e. The molecular formula is C31H34N2O5. The molecule has 7 heteroatoms. The van der Waals surface area contributed by atoms with Crippen LogP contribution < -0.4 is 4.74 Å². The third-order valence-corrected chi connectivity index (χ3v) is 6.32. The number of esters is 1. The van der Waals surface area contributed by atoms with Gasteiger partial charge in [0, 0.05) is 30.1 Å². The normalized spacial score (nSPS) is 11.6. The lowest BCUT2D eigenvalue weighted by atomic mass is 10.0. The number of H-pyrrole nitrogens is 1. The molecule has 0 fully saturated rings. The average Bonchev–Trinajstić information content (AvgIpc) is 3.36. The second-order valence-corrected chi connectivity index (χ2v) is 10.1. The minimum absolute atomic E-state index is 0.0497. The van der Waals surface area contributed by atoms with Crippen molar-refractivity contribution in [3.8, 4) is 5.75 Å². The molecule has 1 heterocycles. The van der Waals surface area contributed by atoms with Crippen LogP contribution in [0.15, 0.2) is 78.9 Å². The molecule has 1 aromatic heterocycles. The highest BCUT2D eigenvalue weighted by atomic mass is 16.7. The Kier molecular flexibility index (Phi) is 8.61. The van der Waals surface area contributed by atoms with Gasteiger partial charge in [-0.25, -0.2) is 4.79 Å². The Balaban J connectivity index is 1.66. The van der Waals surface area contributed by atoms with Gasteiger partial charge in [-0.05, 0) is 50.1 Å². The summed E-state index contributed by atoms with van der Waals surface area (Å²) in [5.74, 6) is -0.0784. The van der Waals surface area contributed by atoms with Crippen LogP contribution in [0.4, 0.5) is 0 Å². The number of carbonyl (C=O) groups excluding carboxylic acids is 2. The number of fused-ring (bicyclic) bond motifs is 1. The van der Waals surface area contributed by atoms with E-state index in [0.717, 1.165) is 11.1 Å². The van der Waals surface area contributed by atoms with Crippen LogP contribution in [-0.2, 0) is 22.6 Å². The number of ether oxygens (including phenoxy) is 3. The third kappa shape index (κ3) is 6.68. The number of carbonyl (C=O) groups is 2. The first-order valence-electron chi connectivity index (χ1n) is 12.6. The number of nitrogens with zero attached hydrogens (tertiary/aromatic N) is 1. The third-order valence-electron chi connectivity index (χ3n) is 6.32. The summed E-state index contributed by atoms with van der Waals surface area (Å²) >= 11 is 0. The van der Waals surface area contributed by atoms with E-state index in [-0.39, 0.29) is 30.4 Å². The lowest BCUT2D eigenvalue weighted by Crippen LogP contribution is -2.43. The van der Waals surface area contributed by atoms with Gasteiger partial charge in [-0.3, -0.25) is 9.69 Å². The average molecular weight is 515 g/mol. The summed E-state index contributed by atoms with van der Waals surface area (Å²) in [6, 6.07) is 25.1. The lowest BCUT2D eigenvalue weighted by molar-refractivity contribution is -0.0129. The van der Waals surface area contributed by atoms with E-state index in [1.54, 1.807) is 18.2 Å². The molecule has 0 aliphatic rings. The van der Waals surface area contributed by atoms with Gasteiger partial charge in [0.25, 0.3) is 0 Å². The quantitative estimate of drug-likeness (QED) is 0.150. The Morgan fingerprint density at radius 1 is 0.895 bits per heavy atom. The zero-order chi connectivity index (χ0) is 27.1. The molecule has 7 nitrogen and oxygen atoms in total. The minimum atomic E-state index is -0.573. The Bertz CT molecular complexity index is 1370. The molecule has 198 valence electrons. The summed E-state index contributed by atoms with van der Waals surface area (Å²) in [6.07, 6.45) is 0. The maximum Gasteiger partial charge on any atom is 0.356 e. The van der Waals surface area contributed by atoms with Gasteiger partial charge in [0.15, 0.2) is 12.6 Å². The second kappa shape index (κ2) is 12.1. The summed E-state index contributed by atoms with van der Waals surface area (Å²) in [7, 11) is 1.45. The van der Waals surface area contributed by atoms with Crippen LogP contribution in [0.2, 0.25) is 0 Å². The van der Waals surface area contributed by atoms with Crippen molar-refractivity contribution in [3.63, 3.8) is 0 Å². The first-order chi connectivity index (χ1) is 18.3. The number of Topliss-reactive ketones (excluding diaryl/α,β-unsaturated/α-hetero) is 1. The molecule has 1 N–H and O–H groups in total. The molecule has 0 atom stereocenters. The van der Waals surface area contributed by atoms with Gasteiger partial charge in [0.2, 0.25) is 0 Å². The highest BCUT2D eigenvalue weighted by molar-refractivity contribution is 6.11. The van der Waals surface area contributed by atoms with Crippen molar-refractivity contribution in [3.05, 3.63) is 101 Å². The summed E-state index contributed by atoms with van der Waals surface area (Å²) in [5, 5.41) is 0.610. The zero-order valence-electron chi connectivity index (χ0n) is 22.3. The molecule has 38 heavy (non-hydrogen) atoms. The predicted molar refractivity (Wildman–Crippen MR) is 147 cm³/mol. The molecule has 4 rings (SSSR count). The first kappa shape index (κ1) is 27.1. The Morgan fingerprint density at radius 3 is 2.18 bits per heavy atom. The Hall–Kier alpha value is -3.94. The van der Waals surface area contributed by atoms with E-state index in [0.29, 0.717) is 35.4 Å². The summed E-state index contributed by atoms with van der Waals surface area (Å²) < 4.78 is 16.1. The number of nitrogens with one attached hydrogen (secondary N) is 1. The first-order valence-corrected chi connectivity index (χ1v) is 12.6. The molecule has 0 aliphatic carbocycles. The van der Waals surface area contributed by atoms with E-state index in [1.807, 2.05) is 48.5 Å². The fourth-order valence-electron chi connectivity index (χ4n) is 4.18. The Labute approximate surface area is 223 Å². The number of aromatic nitrogens is 1. The van der Waals surface area contributed by atoms with Crippen LogP contribution >= 0.6 is 0 Å². The maximum absolute atomic E-state index is 13.7. The smallest absolute Gasteiger partial charge is 0.356 e. The standard InChI is InChI=1S/C31H34N2O5/c1-31(2,3)33(18-22-11-7-5-8-12-22)19-27(34)24-15-16-28(37-20-23-13-9-6-10-14-23)29-25(24)17-26(32-29)30(35)38-21-36-4/h5-17,32H,18-21H2,1-4H3. The highest BCUT2D eigenvalue weighted by Gasteiger charge is 2.26. The fraction of sp³-hybridized carbons (Fsp3) is 0.290. The van der Waals surface area contributed by atoms with Crippen molar-refractivity contribution in [1.82, 2.24) is 9.88 Å². The van der Waals surface area contributed by atoms with Gasteiger partial charge >= 0.3 is 5.97 Å². The van der Waals surface area contributed by atoms with Crippen molar-refractivity contribution >= 4 is 22.7 Å². The molecule has 3 aromatic carbocycles. The molecule has 4 aromatic rings. The SMILES string of the molecule is COCOC(=O)c1cc2c(C(=O)CN(Cc3ccccc3)C(C)(C)C)ccc(OCc3ccccc3)c2[nH]1. The van der Waals surface area contributed by atoms with E-state index in [2.05, 4.69) is 42.8 Å². The van der Waals surface area contributed by atoms with Crippen LogP contribution in [-0.4, -0.2) is 47.6 Å². The van der Waals surface area contributed by atoms with Gasteiger partial charge in [-0.1, -0.05) is 60.7 Å². The monoisotopic (exact) mass is 514 g/mol. The van der Waals surface area contributed by atoms with Crippen molar-refractivity contribution < 1.29 is 23.8 Å². The molecule has 0 saturated heterocycles. The molecule has 0 radical (unpaired) electrons. The second-order valence-electron chi connectivity index (χ2n) is 10.1. The Morgan fingerprint density at radius 2 is 1.55 bits per heavy atom. The number of hydrogen-bond acceptors (Lipinski definition) is 6. The lowest BCUT2D eigenvalue weighted by Gasteiger charge is -2.35. The number of rotatable bonds is 11. The molecular weight excluding hydrogens is 480 g/mol. The van der Waals surface area contributed by atoms with Gasteiger partial charge < -0.3 is 19.2 Å². The summed E-state index contributed by atoms with van der Waals surface area (Å²) in [5.41, 5.74) is 3.21. The number of benzene rings is 3. The highest BCUT2D eigenvalue weighted by Crippen LogP contribution is 2.31. The predicted octanol–water partition coefficient (Wildman–Crippen LogP) is 5.99. The number of methoxy groups -OCH3 is 1. The van der Waals surface area contributed by atoms with E-state index in [1.165, 1.54) is 7.11 Å². The van der Waals surface area contributed by atoms with Gasteiger partial charge in [-0.15, -0.1) is 0 Å². The van der Waals surface area contributed by atoms with Crippen LogP contribution in [0.5, 0.6) is 5.75 Å². The molecule has 0 unspecified atom stereocenters. The van der Waals surface area contributed by atoms with Gasteiger partial charge in [0.1, 0.15) is 18.1 Å². The largest absolute Gasteiger partial charge is 0.487 e. The van der Waals surface area contributed by atoms with Crippen LogP contribution in [0.1, 0.15) is 52.7 Å². The van der Waals surface area contributed by atoms with Crippen LogP contribution in [0, 0.1) is 0 Å². The maximum atomic E-state index is 13.7. The van der Waals surface area contributed by atoms with E-state index in [9.17, 15) is 9.59 Å². The number of aromatic amines is 1. The molecule has 0 aliphatic heterocycles. The van der Waals surface area contributed by atoms with Crippen molar-refractivity contribution in [1.29, 1.82) is 0 Å². The van der Waals surface area contributed by atoms with E-state index < -0.39 is 5.97 Å². The van der Waals surface area contributed by atoms with E-state index >= 15 is 0 Å². The van der Waals surface area contributed by atoms with E-state index in [4.69, 9.17) is 14.2 Å². The van der Waals surface area contributed by atoms with Crippen molar-refractivity contribution in [2.75, 3.05) is 20.4 Å². The fourth-order valence-corrected chi connectivity index (χ4v) is 4.18. The van der Waals surface area contributed by atoms with Crippen molar-refractivity contribution in [2.24, 2.45) is 0 Å². The zero-order valence-corrected chi connectivity index (χ0v) is 22.3. The molecule has 0 bridgehead atoms. The van der Waals surface area contributed by atoms with Crippen molar-refractivity contribution in [2.45, 2.75) is 39.5 Å².